The molecule has 108 valence electrons. The summed E-state index contributed by atoms with van der Waals surface area (Å²) in [5, 5.41) is 3.24. The molecule has 0 saturated carbocycles. The Labute approximate surface area is 122 Å². The molecule has 1 aromatic heterocycles. The summed E-state index contributed by atoms with van der Waals surface area (Å²) in [7, 11) is 1.98. The Balaban J connectivity index is 2.33. The average molecular weight is 271 g/mol. The van der Waals surface area contributed by atoms with E-state index in [0.717, 1.165) is 17.9 Å². The van der Waals surface area contributed by atoms with Crippen LogP contribution in [0.15, 0.2) is 40.8 Å². The van der Waals surface area contributed by atoms with Crippen LogP contribution in [0.25, 0.3) is 11.3 Å². The molecule has 1 unspecified atom stereocenters. The molecule has 0 aliphatic heterocycles. The molecular formula is C18H25NO. The van der Waals surface area contributed by atoms with Crippen molar-refractivity contribution in [2.45, 2.75) is 45.6 Å². The molecular weight excluding hydrogens is 246 g/mol. The summed E-state index contributed by atoms with van der Waals surface area (Å²) in [5.74, 6) is 2.00. The van der Waals surface area contributed by atoms with Gasteiger partial charge in [0.25, 0.3) is 0 Å². The standard InChI is InChI=1S/C18H25NO/c1-13(19-5)12-14-10-11-17(20-14)15-8-6-7-9-16(15)18(2,3)4/h6-11,13,19H,12H2,1-5H3. The van der Waals surface area contributed by atoms with Crippen LogP contribution in [0.2, 0.25) is 0 Å². The lowest BCUT2D eigenvalue weighted by molar-refractivity contribution is 0.479. The summed E-state index contributed by atoms with van der Waals surface area (Å²) >= 11 is 0. The van der Waals surface area contributed by atoms with E-state index < -0.39 is 0 Å². The number of nitrogens with one attached hydrogen (secondary N) is 1. The Morgan fingerprint density at radius 1 is 1.10 bits per heavy atom. The molecule has 20 heavy (non-hydrogen) atoms. The monoisotopic (exact) mass is 271 g/mol. The van der Waals surface area contributed by atoms with E-state index in [2.05, 4.69) is 69.4 Å². The van der Waals surface area contributed by atoms with E-state index in [1.165, 1.54) is 11.1 Å². The molecule has 1 heterocycles. The molecule has 1 N–H and O–H groups in total. The Bertz CT molecular complexity index is 563. The van der Waals surface area contributed by atoms with Crippen LogP contribution in [0, 0.1) is 0 Å². The van der Waals surface area contributed by atoms with Crippen molar-refractivity contribution in [3.05, 3.63) is 47.7 Å². The highest BCUT2D eigenvalue weighted by Gasteiger charge is 2.19. The van der Waals surface area contributed by atoms with Crippen LogP contribution < -0.4 is 5.32 Å². The van der Waals surface area contributed by atoms with Crippen LogP contribution in [-0.2, 0) is 11.8 Å². The topological polar surface area (TPSA) is 25.2 Å². The molecule has 2 nitrogen and oxygen atoms in total. The fraction of sp³-hybridized carbons (Fsp3) is 0.444. The number of hydrogen-bond acceptors (Lipinski definition) is 2. The molecule has 0 amide bonds. The Hall–Kier alpha value is -1.54. The van der Waals surface area contributed by atoms with Gasteiger partial charge in [0, 0.05) is 18.0 Å². The van der Waals surface area contributed by atoms with Crippen molar-refractivity contribution in [2.75, 3.05) is 7.05 Å². The average Bonchev–Trinajstić information content (AvgIpc) is 2.86. The van der Waals surface area contributed by atoms with Crippen LogP contribution in [0.4, 0.5) is 0 Å². The summed E-state index contributed by atoms with van der Waals surface area (Å²) < 4.78 is 6.04. The van der Waals surface area contributed by atoms with Crippen LogP contribution in [-0.4, -0.2) is 13.1 Å². The zero-order chi connectivity index (χ0) is 14.8. The van der Waals surface area contributed by atoms with Crippen molar-refractivity contribution in [1.82, 2.24) is 5.32 Å². The third kappa shape index (κ3) is 3.31. The van der Waals surface area contributed by atoms with E-state index >= 15 is 0 Å². The highest BCUT2D eigenvalue weighted by Crippen LogP contribution is 2.33. The summed E-state index contributed by atoms with van der Waals surface area (Å²) in [6.45, 7) is 8.86. The van der Waals surface area contributed by atoms with Crippen molar-refractivity contribution < 1.29 is 4.42 Å². The van der Waals surface area contributed by atoms with E-state index in [1.54, 1.807) is 0 Å². The van der Waals surface area contributed by atoms with Gasteiger partial charge < -0.3 is 9.73 Å². The second-order valence-electron chi connectivity index (χ2n) is 6.46. The van der Waals surface area contributed by atoms with Gasteiger partial charge in [-0.05, 0) is 37.1 Å². The maximum absolute atomic E-state index is 6.04. The van der Waals surface area contributed by atoms with Crippen molar-refractivity contribution in [3.63, 3.8) is 0 Å². The minimum Gasteiger partial charge on any atom is -0.461 e. The van der Waals surface area contributed by atoms with E-state index in [-0.39, 0.29) is 5.41 Å². The van der Waals surface area contributed by atoms with Crippen molar-refractivity contribution in [1.29, 1.82) is 0 Å². The minimum absolute atomic E-state index is 0.113. The highest BCUT2D eigenvalue weighted by atomic mass is 16.3. The van der Waals surface area contributed by atoms with E-state index in [0.29, 0.717) is 6.04 Å². The van der Waals surface area contributed by atoms with E-state index in [1.807, 2.05) is 7.05 Å². The van der Waals surface area contributed by atoms with Gasteiger partial charge >= 0.3 is 0 Å². The third-order valence-corrected chi connectivity index (χ3v) is 3.66. The molecule has 0 saturated heterocycles. The zero-order valence-corrected chi connectivity index (χ0v) is 13.2. The molecule has 0 spiro atoms. The van der Waals surface area contributed by atoms with E-state index in [9.17, 15) is 0 Å². The minimum atomic E-state index is 0.113. The van der Waals surface area contributed by atoms with Gasteiger partial charge in [-0.1, -0.05) is 45.0 Å². The van der Waals surface area contributed by atoms with Crippen LogP contribution in [0.1, 0.15) is 39.0 Å². The van der Waals surface area contributed by atoms with Crippen molar-refractivity contribution >= 4 is 0 Å². The van der Waals surface area contributed by atoms with Gasteiger partial charge in [0.1, 0.15) is 11.5 Å². The number of hydrogen-bond donors (Lipinski definition) is 1. The van der Waals surface area contributed by atoms with E-state index in [4.69, 9.17) is 4.42 Å². The second kappa shape index (κ2) is 5.84. The molecule has 2 aromatic rings. The lowest BCUT2D eigenvalue weighted by atomic mass is 9.83. The van der Waals surface area contributed by atoms with Gasteiger partial charge in [0.05, 0.1) is 0 Å². The number of likely N-dealkylation sites (N-methyl/N-ethyl adjacent to an activating group) is 1. The molecule has 0 fully saturated rings. The molecule has 1 aromatic carbocycles. The molecule has 1 atom stereocenters. The molecule has 0 aliphatic rings. The lowest BCUT2D eigenvalue weighted by Crippen LogP contribution is -2.23. The largest absolute Gasteiger partial charge is 0.461 e. The third-order valence-electron chi connectivity index (χ3n) is 3.66. The van der Waals surface area contributed by atoms with Crippen molar-refractivity contribution in [3.8, 4) is 11.3 Å². The zero-order valence-electron chi connectivity index (χ0n) is 13.2. The van der Waals surface area contributed by atoms with Gasteiger partial charge in [0.2, 0.25) is 0 Å². The van der Waals surface area contributed by atoms with Crippen LogP contribution >= 0.6 is 0 Å². The summed E-state index contributed by atoms with van der Waals surface area (Å²) in [6, 6.07) is 13.1. The second-order valence-corrected chi connectivity index (χ2v) is 6.46. The predicted octanol–water partition coefficient (Wildman–Crippen LogP) is 4.39. The lowest BCUT2D eigenvalue weighted by Gasteiger charge is -2.22. The van der Waals surface area contributed by atoms with Crippen molar-refractivity contribution in [2.24, 2.45) is 0 Å². The summed E-state index contributed by atoms with van der Waals surface area (Å²) in [6.07, 6.45) is 0.911. The molecule has 0 aliphatic carbocycles. The fourth-order valence-corrected chi connectivity index (χ4v) is 2.39. The van der Waals surface area contributed by atoms with Gasteiger partial charge in [-0.15, -0.1) is 0 Å². The molecule has 0 bridgehead atoms. The molecule has 2 rings (SSSR count). The van der Waals surface area contributed by atoms with Gasteiger partial charge in [-0.2, -0.15) is 0 Å². The van der Waals surface area contributed by atoms with Gasteiger partial charge in [0.15, 0.2) is 0 Å². The quantitative estimate of drug-likeness (QED) is 0.892. The van der Waals surface area contributed by atoms with Gasteiger partial charge in [-0.3, -0.25) is 0 Å². The first-order chi connectivity index (χ1) is 9.41. The van der Waals surface area contributed by atoms with Crippen LogP contribution in [0.5, 0.6) is 0 Å². The summed E-state index contributed by atoms with van der Waals surface area (Å²) in [4.78, 5) is 0. The fourth-order valence-electron chi connectivity index (χ4n) is 2.39. The maximum Gasteiger partial charge on any atom is 0.134 e. The first kappa shape index (κ1) is 14.9. The molecule has 0 radical (unpaired) electrons. The normalized spacial score (nSPS) is 13.4. The SMILES string of the molecule is CNC(C)Cc1ccc(-c2ccccc2C(C)(C)C)o1. The number of rotatable bonds is 4. The first-order valence-corrected chi connectivity index (χ1v) is 7.27. The number of benzene rings is 1. The predicted molar refractivity (Wildman–Crippen MR) is 85.1 cm³/mol. The Morgan fingerprint density at radius 2 is 1.80 bits per heavy atom. The highest BCUT2D eigenvalue weighted by molar-refractivity contribution is 5.64. The Kier molecular flexibility index (Phi) is 4.34. The summed E-state index contributed by atoms with van der Waals surface area (Å²) in [5.41, 5.74) is 2.63. The van der Waals surface area contributed by atoms with Gasteiger partial charge in [-0.25, -0.2) is 0 Å². The smallest absolute Gasteiger partial charge is 0.134 e. The Morgan fingerprint density at radius 3 is 2.45 bits per heavy atom. The molecule has 2 heteroatoms. The van der Waals surface area contributed by atoms with Crippen LogP contribution in [0.3, 0.4) is 0 Å². The first-order valence-electron chi connectivity index (χ1n) is 7.27. The number of furan rings is 1. The maximum atomic E-state index is 6.04.